The average Bonchev–Trinajstić information content (AvgIpc) is 2.83. The fourth-order valence-corrected chi connectivity index (χ4v) is 5.03. The highest BCUT2D eigenvalue weighted by Crippen LogP contribution is 2.21. The molecule has 4 rings (SSSR count). The predicted molar refractivity (Wildman–Crippen MR) is 130 cm³/mol. The summed E-state index contributed by atoms with van der Waals surface area (Å²) in [7, 11) is 0. The quantitative estimate of drug-likeness (QED) is 0.623. The van der Waals surface area contributed by atoms with Gasteiger partial charge in [-0.25, -0.2) is 0 Å². The second kappa shape index (κ2) is 11.4. The third-order valence-corrected chi connectivity index (χ3v) is 6.90. The zero-order valence-corrected chi connectivity index (χ0v) is 19.9. The van der Waals surface area contributed by atoms with Gasteiger partial charge in [-0.1, -0.05) is 48.5 Å². The molecule has 2 aliphatic heterocycles. The molecule has 0 bridgehead atoms. The number of rotatable bonds is 8. The number of aliphatic hydroxyl groups is 1. The lowest BCUT2D eigenvalue weighted by molar-refractivity contribution is 0.0290. The summed E-state index contributed by atoms with van der Waals surface area (Å²) in [6, 6.07) is 17.7. The van der Waals surface area contributed by atoms with Crippen molar-refractivity contribution in [1.29, 1.82) is 0 Å². The zero-order valence-electron chi connectivity index (χ0n) is 19.9. The Labute approximate surface area is 197 Å². The van der Waals surface area contributed by atoms with Crippen molar-refractivity contribution in [2.45, 2.75) is 45.6 Å². The van der Waals surface area contributed by atoms with Gasteiger partial charge in [-0.05, 0) is 30.5 Å². The maximum atomic E-state index is 11.6. The van der Waals surface area contributed by atoms with Crippen LogP contribution in [0.4, 0.5) is 0 Å². The Hall–Kier alpha value is -2.09. The van der Waals surface area contributed by atoms with E-state index >= 15 is 0 Å². The summed E-state index contributed by atoms with van der Waals surface area (Å²) >= 11 is 0. The van der Waals surface area contributed by atoms with Crippen molar-refractivity contribution >= 4 is 5.78 Å². The van der Waals surface area contributed by atoms with Crippen molar-refractivity contribution in [2.24, 2.45) is 0 Å². The number of nitrogens with zero attached hydrogens (tertiary/aromatic N) is 3. The SMILES string of the molecule is C[C@@H]1CN(Cc2ccc(C(=O)CO)cc2)C[C@H](C)N1Cc1ccc(CN2CCOCC2)cc1. The van der Waals surface area contributed by atoms with Gasteiger partial charge in [0.25, 0.3) is 0 Å². The first kappa shape index (κ1) is 24.0. The van der Waals surface area contributed by atoms with Crippen LogP contribution < -0.4 is 0 Å². The summed E-state index contributed by atoms with van der Waals surface area (Å²) in [6.07, 6.45) is 0. The molecule has 0 aliphatic carbocycles. The van der Waals surface area contributed by atoms with E-state index in [0.717, 1.165) is 59.0 Å². The molecule has 0 amide bonds. The normalized spacial score (nSPS) is 23.0. The predicted octanol–water partition coefficient (Wildman–Crippen LogP) is 2.79. The van der Waals surface area contributed by atoms with E-state index in [9.17, 15) is 4.79 Å². The average molecular weight is 452 g/mol. The highest BCUT2D eigenvalue weighted by atomic mass is 16.5. The number of piperazine rings is 1. The summed E-state index contributed by atoms with van der Waals surface area (Å²) in [6.45, 7) is 12.8. The van der Waals surface area contributed by atoms with Gasteiger partial charge in [-0.15, -0.1) is 0 Å². The van der Waals surface area contributed by atoms with Crippen molar-refractivity contribution in [3.05, 3.63) is 70.8 Å². The van der Waals surface area contributed by atoms with Crippen molar-refractivity contribution in [2.75, 3.05) is 46.0 Å². The zero-order chi connectivity index (χ0) is 23.2. The maximum absolute atomic E-state index is 11.6. The number of carbonyl (C=O) groups is 1. The molecule has 2 atom stereocenters. The molecule has 2 aromatic rings. The van der Waals surface area contributed by atoms with E-state index in [-0.39, 0.29) is 5.78 Å². The molecule has 1 N–H and O–H groups in total. The number of benzene rings is 2. The summed E-state index contributed by atoms with van der Waals surface area (Å²) in [4.78, 5) is 19.2. The fourth-order valence-electron chi connectivity index (χ4n) is 5.03. The highest BCUT2D eigenvalue weighted by molar-refractivity contribution is 5.96. The standard InChI is InChI=1S/C27H37N3O3/c1-21-15-29(18-24-7-9-26(10-8-24)27(32)20-31)16-22(2)30(21)19-25-5-3-23(4-6-25)17-28-11-13-33-14-12-28/h3-10,21-22,31H,11-20H2,1-2H3/t21-,22+. The number of hydrogen-bond acceptors (Lipinski definition) is 6. The third-order valence-electron chi connectivity index (χ3n) is 6.90. The van der Waals surface area contributed by atoms with Crippen molar-refractivity contribution in [3.8, 4) is 0 Å². The van der Waals surface area contributed by atoms with Crippen molar-refractivity contribution in [1.82, 2.24) is 14.7 Å². The Morgan fingerprint density at radius 1 is 0.818 bits per heavy atom. The van der Waals surface area contributed by atoms with Gasteiger partial charge >= 0.3 is 0 Å². The van der Waals surface area contributed by atoms with Gasteiger partial charge in [0.1, 0.15) is 6.61 Å². The molecule has 6 heteroatoms. The van der Waals surface area contributed by atoms with Crippen LogP contribution in [0.3, 0.4) is 0 Å². The van der Waals surface area contributed by atoms with Gasteiger partial charge in [0, 0.05) is 63.5 Å². The van der Waals surface area contributed by atoms with Crippen LogP contribution in [0.1, 0.15) is 40.9 Å². The van der Waals surface area contributed by atoms with Gasteiger partial charge < -0.3 is 9.84 Å². The third kappa shape index (κ3) is 6.49. The number of aliphatic hydroxyl groups excluding tert-OH is 1. The van der Waals surface area contributed by atoms with Gasteiger partial charge in [0.05, 0.1) is 13.2 Å². The molecule has 2 saturated heterocycles. The maximum Gasteiger partial charge on any atom is 0.188 e. The van der Waals surface area contributed by atoms with E-state index in [4.69, 9.17) is 9.84 Å². The van der Waals surface area contributed by atoms with Gasteiger partial charge in [0.2, 0.25) is 0 Å². The van der Waals surface area contributed by atoms with E-state index in [0.29, 0.717) is 17.6 Å². The van der Waals surface area contributed by atoms with Crippen LogP contribution in [-0.4, -0.2) is 83.7 Å². The number of morpholine rings is 1. The van der Waals surface area contributed by atoms with Crippen molar-refractivity contribution < 1.29 is 14.6 Å². The number of hydrogen-bond donors (Lipinski definition) is 1. The van der Waals surface area contributed by atoms with Crippen molar-refractivity contribution in [3.63, 3.8) is 0 Å². The summed E-state index contributed by atoms with van der Waals surface area (Å²) in [5, 5.41) is 9.02. The van der Waals surface area contributed by atoms with E-state index in [1.165, 1.54) is 16.7 Å². The van der Waals surface area contributed by atoms with Crippen LogP contribution in [0.2, 0.25) is 0 Å². The molecule has 2 aromatic carbocycles. The summed E-state index contributed by atoms with van der Waals surface area (Å²) < 4.78 is 5.45. The molecule has 33 heavy (non-hydrogen) atoms. The summed E-state index contributed by atoms with van der Waals surface area (Å²) in [5.41, 5.74) is 4.52. The van der Waals surface area contributed by atoms with Crippen LogP contribution >= 0.6 is 0 Å². The largest absolute Gasteiger partial charge is 0.388 e. The number of carbonyl (C=O) groups excluding carboxylic acids is 1. The smallest absolute Gasteiger partial charge is 0.188 e. The number of ketones is 1. The second-order valence-electron chi connectivity index (χ2n) is 9.55. The van der Waals surface area contributed by atoms with Gasteiger partial charge in [-0.3, -0.25) is 19.5 Å². The first-order valence-corrected chi connectivity index (χ1v) is 12.1. The minimum absolute atomic E-state index is 0.230. The van der Waals surface area contributed by atoms with Crippen LogP contribution in [0, 0.1) is 0 Å². The molecule has 0 aromatic heterocycles. The van der Waals surface area contributed by atoms with E-state index < -0.39 is 6.61 Å². The lowest BCUT2D eigenvalue weighted by atomic mass is 10.0. The second-order valence-corrected chi connectivity index (χ2v) is 9.55. The molecule has 2 heterocycles. The van der Waals surface area contributed by atoms with Gasteiger partial charge in [-0.2, -0.15) is 0 Å². The first-order valence-electron chi connectivity index (χ1n) is 12.1. The van der Waals surface area contributed by atoms with Crippen LogP contribution in [-0.2, 0) is 24.4 Å². The van der Waals surface area contributed by atoms with E-state index in [1.54, 1.807) is 0 Å². The Balaban J connectivity index is 1.29. The molecule has 0 unspecified atom stereocenters. The Bertz CT molecular complexity index is 882. The van der Waals surface area contributed by atoms with Crippen LogP contribution in [0.15, 0.2) is 48.5 Å². The van der Waals surface area contributed by atoms with E-state index in [1.807, 2.05) is 24.3 Å². The molecular weight excluding hydrogens is 414 g/mol. The molecular formula is C27H37N3O3. The summed E-state index contributed by atoms with van der Waals surface area (Å²) in [5.74, 6) is -0.230. The topological polar surface area (TPSA) is 56.3 Å². The lowest BCUT2D eigenvalue weighted by Crippen LogP contribution is -2.55. The monoisotopic (exact) mass is 451 g/mol. The Morgan fingerprint density at radius 2 is 1.30 bits per heavy atom. The number of ether oxygens (including phenoxy) is 1. The van der Waals surface area contributed by atoms with Crippen LogP contribution in [0.25, 0.3) is 0 Å². The minimum Gasteiger partial charge on any atom is -0.388 e. The first-order chi connectivity index (χ1) is 16.0. The van der Waals surface area contributed by atoms with Crippen LogP contribution in [0.5, 0.6) is 0 Å². The minimum atomic E-state index is -0.438. The Kier molecular flexibility index (Phi) is 8.28. The van der Waals surface area contributed by atoms with Gasteiger partial charge in [0.15, 0.2) is 5.78 Å². The lowest BCUT2D eigenvalue weighted by Gasteiger charge is -2.44. The van der Waals surface area contributed by atoms with E-state index in [2.05, 4.69) is 52.8 Å². The molecule has 0 saturated carbocycles. The Morgan fingerprint density at radius 3 is 1.85 bits per heavy atom. The number of Topliss-reactive ketones (excluding diaryl/α,β-unsaturated/α-hetero) is 1. The molecule has 2 fully saturated rings. The molecule has 0 spiro atoms. The highest BCUT2D eigenvalue weighted by Gasteiger charge is 2.29. The molecule has 6 nitrogen and oxygen atoms in total. The fraction of sp³-hybridized carbons (Fsp3) is 0.519. The molecule has 178 valence electrons. The molecule has 0 radical (unpaired) electrons. The molecule has 2 aliphatic rings.